The fraction of sp³-hybridized carbons (Fsp3) is 0.786. The predicted octanol–water partition coefficient (Wildman–Crippen LogP) is 1.76. The summed E-state index contributed by atoms with van der Waals surface area (Å²) >= 11 is 0. The highest BCUT2D eigenvalue weighted by Crippen LogP contribution is 2.31. The summed E-state index contributed by atoms with van der Waals surface area (Å²) in [6.07, 6.45) is -0.405. The Labute approximate surface area is 119 Å². The molecule has 0 N–H and O–H groups in total. The molecular weight excluding hydrogens is 262 g/mol. The minimum atomic E-state index is -1.32. The molecule has 0 radical (unpaired) electrons. The van der Waals surface area contributed by atoms with E-state index in [4.69, 9.17) is 4.74 Å². The molecule has 0 aliphatic carbocycles. The largest absolute Gasteiger partial charge is 0.468 e. The van der Waals surface area contributed by atoms with E-state index >= 15 is 0 Å². The number of carbonyl (C=O) groups excluding carboxylic acids is 3. The highest BCUT2D eigenvalue weighted by atomic mass is 16.6. The Morgan fingerprint density at radius 3 is 2.35 bits per heavy atom. The summed E-state index contributed by atoms with van der Waals surface area (Å²) in [4.78, 5) is 37.5. The van der Waals surface area contributed by atoms with Crippen LogP contribution >= 0.6 is 0 Å². The molecule has 1 fully saturated rings. The molecule has 114 valence electrons. The highest BCUT2D eigenvalue weighted by Gasteiger charge is 2.50. The number of piperidine rings is 1. The van der Waals surface area contributed by atoms with Gasteiger partial charge >= 0.3 is 12.1 Å². The van der Waals surface area contributed by atoms with Gasteiger partial charge in [-0.05, 0) is 34.6 Å². The minimum Gasteiger partial charge on any atom is -0.468 e. The molecule has 6 heteroatoms. The van der Waals surface area contributed by atoms with E-state index < -0.39 is 23.1 Å². The molecule has 6 nitrogen and oxygen atoms in total. The smallest absolute Gasteiger partial charge is 0.410 e. The van der Waals surface area contributed by atoms with Crippen LogP contribution in [0.2, 0.25) is 0 Å². The number of hydrogen-bond donors (Lipinski definition) is 0. The number of esters is 1. The highest BCUT2D eigenvalue weighted by molar-refractivity contribution is 6.05. The molecule has 1 saturated heterocycles. The summed E-state index contributed by atoms with van der Waals surface area (Å²) in [6, 6.07) is -0.296. The zero-order valence-electron chi connectivity index (χ0n) is 13.0. The molecule has 0 aromatic heterocycles. The van der Waals surface area contributed by atoms with Crippen LogP contribution in [-0.2, 0) is 19.1 Å². The van der Waals surface area contributed by atoms with Crippen LogP contribution in [0, 0.1) is 5.41 Å². The number of hydrogen-bond acceptors (Lipinski definition) is 5. The van der Waals surface area contributed by atoms with E-state index in [9.17, 15) is 14.4 Å². The van der Waals surface area contributed by atoms with Crippen molar-refractivity contribution in [1.82, 2.24) is 4.90 Å². The number of amides is 1. The fourth-order valence-corrected chi connectivity index (χ4v) is 2.16. The van der Waals surface area contributed by atoms with E-state index in [-0.39, 0.29) is 24.8 Å². The monoisotopic (exact) mass is 285 g/mol. The van der Waals surface area contributed by atoms with Gasteiger partial charge in [-0.1, -0.05) is 0 Å². The number of Topliss-reactive ketones (excluding diaryl/α,β-unsaturated/α-hetero) is 1. The topological polar surface area (TPSA) is 72.9 Å². The van der Waals surface area contributed by atoms with Crippen LogP contribution in [-0.4, -0.2) is 48.0 Å². The van der Waals surface area contributed by atoms with Gasteiger partial charge < -0.3 is 14.4 Å². The van der Waals surface area contributed by atoms with Gasteiger partial charge in [0, 0.05) is 19.0 Å². The second-order valence-electron chi connectivity index (χ2n) is 6.41. The number of carbonyl (C=O) groups is 3. The lowest BCUT2D eigenvalue weighted by molar-refractivity contribution is -0.161. The Balaban J connectivity index is 2.96. The van der Waals surface area contributed by atoms with Crippen LogP contribution in [0.4, 0.5) is 4.79 Å². The number of rotatable bonds is 1. The lowest BCUT2D eigenvalue weighted by atomic mass is 9.78. The van der Waals surface area contributed by atoms with E-state index in [2.05, 4.69) is 4.74 Å². The summed E-state index contributed by atoms with van der Waals surface area (Å²) in [6.45, 7) is 8.55. The Morgan fingerprint density at radius 2 is 1.90 bits per heavy atom. The molecule has 0 saturated carbocycles. The number of nitrogens with zero attached hydrogens (tertiary/aromatic N) is 1. The second-order valence-corrected chi connectivity index (χ2v) is 6.41. The van der Waals surface area contributed by atoms with E-state index in [0.717, 1.165) is 0 Å². The summed E-state index contributed by atoms with van der Waals surface area (Å²) < 4.78 is 10.0. The van der Waals surface area contributed by atoms with Crippen molar-refractivity contribution in [1.29, 1.82) is 0 Å². The van der Waals surface area contributed by atoms with Crippen LogP contribution in [0.25, 0.3) is 0 Å². The lowest BCUT2D eigenvalue weighted by Crippen LogP contribution is -2.58. The molecule has 0 aromatic carbocycles. The lowest BCUT2D eigenvalue weighted by Gasteiger charge is -2.41. The molecule has 1 amide bonds. The van der Waals surface area contributed by atoms with Crippen molar-refractivity contribution in [3.8, 4) is 0 Å². The molecule has 1 rings (SSSR count). The van der Waals surface area contributed by atoms with Gasteiger partial charge in [-0.25, -0.2) is 4.79 Å². The maximum atomic E-state index is 12.2. The first-order valence-electron chi connectivity index (χ1n) is 6.62. The Kier molecular flexibility index (Phi) is 4.46. The van der Waals surface area contributed by atoms with Crippen molar-refractivity contribution < 1.29 is 23.9 Å². The van der Waals surface area contributed by atoms with E-state index in [0.29, 0.717) is 0 Å². The molecule has 0 bridgehead atoms. The predicted molar refractivity (Wildman–Crippen MR) is 72.1 cm³/mol. The summed E-state index contributed by atoms with van der Waals surface area (Å²) in [7, 11) is 1.23. The Hall–Kier alpha value is -1.59. The van der Waals surface area contributed by atoms with Crippen LogP contribution in [0.1, 0.15) is 41.0 Å². The number of ether oxygens (including phenoxy) is 2. The SMILES string of the molecule is COC(=O)[C@@]1(C)CN(C(=O)OC(C)(C)C)[C@H](C)CC1=O. The second kappa shape index (κ2) is 5.42. The van der Waals surface area contributed by atoms with Crippen LogP contribution in [0.15, 0.2) is 0 Å². The van der Waals surface area contributed by atoms with Crippen LogP contribution in [0.3, 0.4) is 0 Å². The quantitative estimate of drug-likeness (QED) is 0.542. The van der Waals surface area contributed by atoms with E-state index in [1.165, 1.54) is 18.9 Å². The van der Waals surface area contributed by atoms with Gasteiger partial charge in [0.25, 0.3) is 0 Å². The van der Waals surface area contributed by atoms with Gasteiger partial charge in [-0.3, -0.25) is 9.59 Å². The molecular formula is C14H23NO5. The average Bonchev–Trinajstić information content (AvgIpc) is 2.30. The summed E-state index contributed by atoms with van der Waals surface area (Å²) in [5.41, 5.74) is -1.95. The fourth-order valence-electron chi connectivity index (χ4n) is 2.16. The van der Waals surface area contributed by atoms with E-state index in [1.54, 1.807) is 27.7 Å². The molecule has 2 atom stereocenters. The van der Waals surface area contributed by atoms with Crippen molar-refractivity contribution in [3.05, 3.63) is 0 Å². The van der Waals surface area contributed by atoms with Crippen molar-refractivity contribution in [2.75, 3.05) is 13.7 Å². The maximum absolute atomic E-state index is 12.2. The van der Waals surface area contributed by atoms with Crippen LogP contribution < -0.4 is 0 Å². The van der Waals surface area contributed by atoms with E-state index in [1.807, 2.05) is 0 Å². The average molecular weight is 285 g/mol. The molecule has 1 aliphatic rings. The van der Waals surface area contributed by atoms with Gasteiger partial charge in [0.05, 0.1) is 7.11 Å². The molecule has 0 aromatic rings. The third-order valence-corrected chi connectivity index (χ3v) is 3.38. The van der Waals surface area contributed by atoms with Crippen molar-refractivity contribution in [2.45, 2.75) is 52.7 Å². The Bertz CT molecular complexity index is 426. The maximum Gasteiger partial charge on any atom is 0.410 e. The minimum absolute atomic E-state index is 0.0193. The Morgan fingerprint density at radius 1 is 1.35 bits per heavy atom. The number of ketones is 1. The molecule has 1 heterocycles. The van der Waals surface area contributed by atoms with Crippen molar-refractivity contribution >= 4 is 17.8 Å². The number of methoxy groups -OCH3 is 1. The normalized spacial score (nSPS) is 27.2. The van der Waals surface area contributed by atoms with Gasteiger partial charge in [0.15, 0.2) is 5.78 Å². The number of likely N-dealkylation sites (tertiary alicyclic amines) is 1. The van der Waals surface area contributed by atoms with Gasteiger partial charge in [-0.15, -0.1) is 0 Å². The zero-order valence-corrected chi connectivity index (χ0v) is 13.0. The van der Waals surface area contributed by atoms with Crippen molar-refractivity contribution in [2.24, 2.45) is 5.41 Å². The van der Waals surface area contributed by atoms with Crippen molar-refractivity contribution in [3.63, 3.8) is 0 Å². The molecule has 0 spiro atoms. The zero-order chi connectivity index (χ0) is 15.7. The first-order chi connectivity index (χ1) is 9.01. The summed E-state index contributed by atoms with van der Waals surface area (Å²) in [5.74, 6) is -0.834. The van der Waals surface area contributed by atoms with Crippen LogP contribution in [0.5, 0.6) is 0 Å². The molecule has 20 heavy (non-hydrogen) atoms. The first-order valence-corrected chi connectivity index (χ1v) is 6.62. The van der Waals surface area contributed by atoms with Gasteiger partial charge in [-0.2, -0.15) is 0 Å². The first kappa shape index (κ1) is 16.5. The molecule has 0 unspecified atom stereocenters. The molecule has 1 aliphatic heterocycles. The summed E-state index contributed by atoms with van der Waals surface area (Å²) in [5, 5.41) is 0. The third kappa shape index (κ3) is 3.29. The van der Waals surface area contributed by atoms with Gasteiger partial charge in [0.1, 0.15) is 11.0 Å². The third-order valence-electron chi connectivity index (χ3n) is 3.38. The van der Waals surface area contributed by atoms with Gasteiger partial charge in [0.2, 0.25) is 0 Å². The standard InChI is InChI=1S/C14H23NO5/c1-9-7-10(16)14(5,11(17)19-6)8-15(9)12(18)20-13(2,3)4/h9H,7-8H2,1-6H3/t9-,14+/m1/s1.